The number of anilines is 1. The minimum absolute atomic E-state index is 0.0368. The minimum Gasteiger partial charge on any atom is -0.457 e. The minimum atomic E-state index is -0.616. The standard InChI is InChI=1S/C32H23ClN2O6/c33-27-28(30(37)35(29(27)36)19-21-7-3-1-4-8-21)34-25-15-11-24(12-16-25)32(39)41-26-17-13-23(14-18-26)31(38)40-20-22-9-5-2-6-10-22/h1-18,34H,19-20H2. The highest BCUT2D eigenvalue weighted by molar-refractivity contribution is 6.48. The van der Waals surface area contributed by atoms with Gasteiger partial charge in [-0.15, -0.1) is 0 Å². The van der Waals surface area contributed by atoms with Crippen molar-refractivity contribution in [2.75, 3.05) is 5.32 Å². The van der Waals surface area contributed by atoms with Crippen LogP contribution in [0.1, 0.15) is 31.8 Å². The SMILES string of the molecule is O=C(OCc1ccccc1)c1ccc(OC(=O)c2ccc(NC3=C(Cl)C(=O)N(Cc4ccccc4)C3=O)cc2)cc1. The van der Waals surface area contributed by atoms with Gasteiger partial charge in [-0.25, -0.2) is 9.59 Å². The largest absolute Gasteiger partial charge is 0.457 e. The second-order valence-electron chi connectivity index (χ2n) is 9.05. The van der Waals surface area contributed by atoms with Crippen LogP contribution in [0.5, 0.6) is 5.75 Å². The van der Waals surface area contributed by atoms with Gasteiger partial charge in [0, 0.05) is 5.69 Å². The lowest BCUT2D eigenvalue weighted by Crippen LogP contribution is -2.31. The quantitative estimate of drug-likeness (QED) is 0.158. The molecule has 0 saturated heterocycles. The molecule has 0 unspecified atom stereocenters. The molecule has 0 aromatic heterocycles. The molecular weight excluding hydrogens is 544 g/mol. The number of nitrogens with zero attached hydrogens (tertiary/aromatic N) is 1. The topological polar surface area (TPSA) is 102 Å². The number of halogens is 1. The third kappa shape index (κ3) is 6.51. The van der Waals surface area contributed by atoms with Crippen molar-refractivity contribution in [3.63, 3.8) is 0 Å². The summed E-state index contributed by atoms with van der Waals surface area (Å²) in [4.78, 5) is 51.5. The average Bonchev–Trinajstić information content (AvgIpc) is 3.20. The predicted octanol–water partition coefficient (Wildman–Crippen LogP) is 5.69. The number of hydrogen-bond donors (Lipinski definition) is 1. The molecule has 9 heteroatoms. The third-order valence-corrected chi connectivity index (χ3v) is 6.55. The van der Waals surface area contributed by atoms with Crippen LogP contribution >= 0.6 is 11.6 Å². The summed E-state index contributed by atoms with van der Waals surface area (Å²) in [6.45, 7) is 0.252. The molecule has 2 amide bonds. The molecule has 1 N–H and O–H groups in total. The molecule has 204 valence electrons. The van der Waals surface area contributed by atoms with Gasteiger partial charge in [0.1, 0.15) is 23.1 Å². The lowest BCUT2D eigenvalue weighted by atomic mass is 10.2. The smallest absolute Gasteiger partial charge is 0.343 e. The van der Waals surface area contributed by atoms with E-state index >= 15 is 0 Å². The summed E-state index contributed by atoms with van der Waals surface area (Å²) in [5, 5.41) is 2.67. The highest BCUT2D eigenvalue weighted by Gasteiger charge is 2.37. The molecule has 4 aromatic carbocycles. The first-order valence-corrected chi connectivity index (χ1v) is 13.0. The molecule has 1 aliphatic rings. The number of imide groups is 1. The van der Waals surface area contributed by atoms with Crippen LogP contribution in [0, 0.1) is 0 Å². The lowest BCUT2D eigenvalue weighted by Gasteiger charge is -2.15. The molecule has 4 aromatic rings. The van der Waals surface area contributed by atoms with Gasteiger partial charge in [0.25, 0.3) is 11.8 Å². The molecule has 0 saturated carbocycles. The normalized spacial score (nSPS) is 12.9. The van der Waals surface area contributed by atoms with Crippen LogP contribution < -0.4 is 10.1 Å². The first kappa shape index (κ1) is 27.4. The zero-order valence-electron chi connectivity index (χ0n) is 21.6. The Hall–Kier alpha value is -5.21. The van der Waals surface area contributed by atoms with Crippen LogP contribution in [0.4, 0.5) is 5.69 Å². The maximum absolute atomic E-state index is 12.9. The number of ether oxygens (including phenoxy) is 2. The number of nitrogens with one attached hydrogen (secondary N) is 1. The van der Waals surface area contributed by atoms with Gasteiger partial charge in [-0.1, -0.05) is 72.3 Å². The first-order valence-electron chi connectivity index (χ1n) is 12.6. The summed E-state index contributed by atoms with van der Waals surface area (Å²) in [6.07, 6.45) is 0. The van der Waals surface area contributed by atoms with E-state index in [1.807, 2.05) is 60.7 Å². The summed E-state index contributed by atoms with van der Waals surface area (Å²) in [5.41, 5.74) is 2.66. The molecule has 0 aliphatic carbocycles. The van der Waals surface area contributed by atoms with E-state index in [-0.39, 0.29) is 35.2 Å². The zero-order valence-corrected chi connectivity index (χ0v) is 22.3. The second-order valence-corrected chi connectivity index (χ2v) is 9.43. The van der Waals surface area contributed by atoms with Crippen LogP contribution in [0.15, 0.2) is 120 Å². The number of esters is 2. The van der Waals surface area contributed by atoms with Crippen molar-refractivity contribution in [2.24, 2.45) is 0 Å². The molecule has 8 nitrogen and oxygen atoms in total. The maximum Gasteiger partial charge on any atom is 0.343 e. The van der Waals surface area contributed by atoms with Crippen molar-refractivity contribution in [1.29, 1.82) is 0 Å². The Morgan fingerprint density at radius 3 is 1.88 bits per heavy atom. The molecule has 0 radical (unpaired) electrons. The Balaban J connectivity index is 1.16. The van der Waals surface area contributed by atoms with Crippen molar-refractivity contribution in [2.45, 2.75) is 13.2 Å². The van der Waals surface area contributed by atoms with E-state index in [9.17, 15) is 19.2 Å². The summed E-state index contributed by atoms with van der Waals surface area (Å²) in [6, 6.07) is 30.6. The number of rotatable bonds is 9. The van der Waals surface area contributed by atoms with E-state index in [0.717, 1.165) is 16.0 Å². The highest BCUT2D eigenvalue weighted by atomic mass is 35.5. The molecule has 41 heavy (non-hydrogen) atoms. The van der Waals surface area contributed by atoms with Crippen molar-refractivity contribution in [1.82, 2.24) is 4.90 Å². The molecule has 0 spiro atoms. The first-order chi connectivity index (χ1) is 19.9. The number of benzene rings is 4. The number of amides is 2. The van der Waals surface area contributed by atoms with E-state index in [1.165, 1.54) is 36.4 Å². The van der Waals surface area contributed by atoms with E-state index < -0.39 is 23.8 Å². The summed E-state index contributed by atoms with van der Waals surface area (Å²) < 4.78 is 10.7. The number of carbonyl (C=O) groups is 4. The van der Waals surface area contributed by atoms with Crippen LogP contribution in [0.2, 0.25) is 0 Å². The second kappa shape index (κ2) is 12.3. The average molecular weight is 567 g/mol. The van der Waals surface area contributed by atoms with Gasteiger partial charge in [-0.3, -0.25) is 14.5 Å². The lowest BCUT2D eigenvalue weighted by molar-refractivity contribution is -0.138. The molecule has 5 rings (SSSR count). The van der Waals surface area contributed by atoms with Crippen molar-refractivity contribution >= 4 is 41.0 Å². The fourth-order valence-corrected chi connectivity index (χ4v) is 4.26. The Bertz CT molecular complexity index is 1620. The number of hydrogen-bond acceptors (Lipinski definition) is 7. The van der Waals surface area contributed by atoms with E-state index in [2.05, 4.69) is 5.32 Å². The maximum atomic E-state index is 12.9. The van der Waals surface area contributed by atoms with Crippen molar-refractivity contribution < 1.29 is 28.7 Å². The molecule has 1 heterocycles. The van der Waals surface area contributed by atoms with E-state index in [4.69, 9.17) is 21.1 Å². The fraction of sp³-hybridized carbons (Fsp3) is 0.0625. The van der Waals surface area contributed by atoms with Gasteiger partial charge in [0.2, 0.25) is 0 Å². The van der Waals surface area contributed by atoms with Crippen LogP contribution in [-0.4, -0.2) is 28.7 Å². The van der Waals surface area contributed by atoms with Gasteiger partial charge < -0.3 is 14.8 Å². The fourth-order valence-electron chi connectivity index (χ4n) is 4.03. The summed E-state index contributed by atoms with van der Waals surface area (Å²) in [5.74, 6) is -1.98. The van der Waals surface area contributed by atoms with Gasteiger partial charge in [-0.2, -0.15) is 0 Å². The summed E-state index contributed by atoms with van der Waals surface area (Å²) in [7, 11) is 0. The Morgan fingerprint density at radius 2 is 1.24 bits per heavy atom. The monoisotopic (exact) mass is 566 g/mol. The Labute approximate surface area is 240 Å². The van der Waals surface area contributed by atoms with Gasteiger partial charge in [0.05, 0.1) is 17.7 Å². The summed E-state index contributed by atoms with van der Waals surface area (Å²) >= 11 is 6.18. The Morgan fingerprint density at radius 1 is 0.683 bits per heavy atom. The molecule has 0 fully saturated rings. The highest BCUT2D eigenvalue weighted by Crippen LogP contribution is 2.27. The van der Waals surface area contributed by atoms with E-state index in [1.54, 1.807) is 12.1 Å². The third-order valence-electron chi connectivity index (χ3n) is 6.20. The zero-order chi connectivity index (χ0) is 28.8. The predicted molar refractivity (Wildman–Crippen MR) is 152 cm³/mol. The Kier molecular flexibility index (Phi) is 8.22. The molecule has 1 aliphatic heterocycles. The van der Waals surface area contributed by atoms with E-state index in [0.29, 0.717) is 11.3 Å². The van der Waals surface area contributed by atoms with Crippen molar-refractivity contribution in [3.8, 4) is 5.75 Å². The van der Waals surface area contributed by atoms with Crippen molar-refractivity contribution in [3.05, 3.63) is 142 Å². The molecule has 0 bridgehead atoms. The molecule has 0 atom stereocenters. The van der Waals surface area contributed by atoms with Gasteiger partial charge >= 0.3 is 11.9 Å². The van der Waals surface area contributed by atoms with Gasteiger partial charge in [-0.05, 0) is 59.7 Å². The van der Waals surface area contributed by atoms with Crippen LogP contribution in [0.3, 0.4) is 0 Å². The number of carbonyl (C=O) groups excluding carboxylic acids is 4. The van der Waals surface area contributed by atoms with Gasteiger partial charge in [0.15, 0.2) is 0 Å². The molecular formula is C32H23ClN2O6. The van der Waals surface area contributed by atoms with Crippen LogP contribution in [-0.2, 0) is 27.5 Å². The van der Waals surface area contributed by atoms with Crippen LogP contribution in [0.25, 0.3) is 0 Å².